The van der Waals surface area contributed by atoms with Crippen LogP contribution >= 0.6 is 11.6 Å². The van der Waals surface area contributed by atoms with E-state index >= 15 is 0 Å². The van der Waals surface area contributed by atoms with Gasteiger partial charge in [-0.3, -0.25) is 0 Å². The van der Waals surface area contributed by atoms with E-state index in [-0.39, 0.29) is 0 Å². The molecule has 0 aliphatic rings. The standard InChI is InChI=1S/C15H11ClF2O2S/c16-13-8-6-12(7-9-13)10-11-15(17,18)21(19,20)14-4-2-1-3-5-14/h1-11H/b11-10+. The van der Waals surface area contributed by atoms with Gasteiger partial charge in [0.15, 0.2) is 0 Å². The van der Waals surface area contributed by atoms with Crippen molar-refractivity contribution in [2.45, 2.75) is 10.2 Å². The van der Waals surface area contributed by atoms with Gasteiger partial charge in [0.1, 0.15) is 0 Å². The summed E-state index contributed by atoms with van der Waals surface area (Å²) in [6.45, 7) is 0. The van der Waals surface area contributed by atoms with Gasteiger partial charge in [-0.25, -0.2) is 8.42 Å². The maximum atomic E-state index is 14.0. The number of sulfone groups is 1. The van der Waals surface area contributed by atoms with Crippen LogP contribution in [-0.2, 0) is 9.84 Å². The molecule has 2 nitrogen and oxygen atoms in total. The highest BCUT2D eigenvalue weighted by Gasteiger charge is 2.43. The molecule has 0 spiro atoms. The first-order valence-electron chi connectivity index (χ1n) is 5.95. The summed E-state index contributed by atoms with van der Waals surface area (Å²) in [6, 6.07) is 12.7. The van der Waals surface area contributed by atoms with Crippen LogP contribution in [0.4, 0.5) is 8.78 Å². The van der Waals surface area contributed by atoms with Crippen molar-refractivity contribution in [3.8, 4) is 0 Å². The summed E-state index contributed by atoms with van der Waals surface area (Å²) < 4.78 is 51.7. The summed E-state index contributed by atoms with van der Waals surface area (Å²) in [4.78, 5) is -0.421. The van der Waals surface area contributed by atoms with Gasteiger partial charge in [0.2, 0.25) is 9.84 Å². The predicted octanol–water partition coefficient (Wildman–Crippen LogP) is 4.42. The molecule has 0 atom stereocenters. The van der Waals surface area contributed by atoms with Crippen LogP contribution in [0.1, 0.15) is 5.56 Å². The zero-order valence-electron chi connectivity index (χ0n) is 10.7. The predicted molar refractivity (Wildman–Crippen MR) is 79.1 cm³/mol. The highest BCUT2D eigenvalue weighted by Crippen LogP contribution is 2.31. The average Bonchev–Trinajstić information content (AvgIpc) is 2.47. The van der Waals surface area contributed by atoms with Gasteiger partial charge in [-0.15, -0.1) is 0 Å². The first-order chi connectivity index (χ1) is 9.83. The highest BCUT2D eigenvalue weighted by atomic mass is 35.5. The van der Waals surface area contributed by atoms with Crippen LogP contribution in [0, 0.1) is 0 Å². The Morgan fingerprint density at radius 3 is 2.10 bits per heavy atom. The zero-order chi connectivity index (χ0) is 15.5. The first-order valence-corrected chi connectivity index (χ1v) is 7.81. The van der Waals surface area contributed by atoms with E-state index in [0.29, 0.717) is 16.7 Å². The molecule has 0 unspecified atom stereocenters. The Hall–Kier alpha value is -1.72. The van der Waals surface area contributed by atoms with Gasteiger partial charge in [-0.1, -0.05) is 48.0 Å². The number of rotatable bonds is 4. The molecule has 0 aromatic heterocycles. The van der Waals surface area contributed by atoms with Gasteiger partial charge in [-0.05, 0) is 29.8 Å². The lowest BCUT2D eigenvalue weighted by atomic mass is 10.2. The molecule has 110 valence electrons. The number of alkyl halides is 2. The molecule has 0 N–H and O–H groups in total. The van der Waals surface area contributed by atoms with Crippen molar-refractivity contribution in [3.63, 3.8) is 0 Å². The Labute approximate surface area is 126 Å². The molecule has 0 bridgehead atoms. The number of halogens is 3. The second-order valence-corrected chi connectivity index (χ2v) is 6.72. The van der Waals surface area contributed by atoms with Crippen molar-refractivity contribution in [2.75, 3.05) is 0 Å². The van der Waals surface area contributed by atoms with Crippen LogP contribution in [-0.4, -0.2) is 13.7 Å². The SMILES string of the molecule is O=S(=O)(c1ccccc1)C(F)(F)/C=C/c1ccc(Cl)cc1. The van der Waals surface area contributed by atoms with Crippen molar-refractivity contribution < 1.29 is 17.2 Å². The minimum Gasteiger partial charge on any atom is -0.217 e. The molecule has 0 saturated heterocycles. The second kappa shape index (κ2) is 5.95. The summed E-state index contributed by atoms with van der Waals surface area (Å²) in [6.07, 6.45) is 1.43. The van der Waals surface area contributed by atoms with E-state index in [0.717, 1.165) is 18.2 Å². The summed E-state index contributed by atoms with van der Waals surface area (Å²) in [5.74, 6) is 0. The minimum atomic E-state index is -4.76. The maximum absolute atomic E-state index is 14.0. The number of hydrogen-bond donors (Lipinski definition) is 0. The molecule has 0 saturated carbocycles. The van der Waals surface area contributed by atoms with Crippen molar-refractivity contribution in [1.82, 2.24) is 0 Å². The van der Waals surface area contributed by atoms with Gasteiger partial charge in [0, 0.05) is 11.1 Å². The van der Waals surface area contributed by atoms with Crippen LogP contribution in [0.5, 0.6) is 0 Å². The van der Waals surface area contributed by atoms with Gasteiger partial charge >= 0.3 is 5.25 Å². The third-order valence-electron chi connectivity index (χ3n) is 2.75. The normalized spacial score (nSPS) is 12.7. The Morgan fingerprint density at radius 2 is 1.52 bits per heavy atom. The maximum Gasteiger partial charge on any atom is 0.368 e. The lowest BCUT2D eigenvalue weighted by molar-refractivity contribution is 0.148. The van der Waals surface area contributed by atoms with Crippen LogP contribution in [0.25, 0.3) is 6.08 Å². The summed E-state index contributed by atoms with van der Waals surface area (Å²) in [7, 11) is -4.76. The number of benzene rings is 2. The molecule has 6 heteroatoms. The lowest BCUT2D eigenvalue weighted by Gasteiger charge is -2.13. The largest absolute Gasteiger partial charge is 0.368 e. The van der Waals surface area contributed by atoms with E-state index in [1.54, 1.807) is 6.07 Å². The highest BCUT2D eigenvalue weighted by molar-refractivity contribution is 7.92. The van der Waals surface area contributed by atoms with E-state index in [1.807, 2.05) is 0 Å². The van der Waals surface area contributed by atoms with Crippen molar-refractivity contribution >= 4 is 27.5 Å². The third kappa shape index (κ3) is 3.49. The Morgan fingerprint density at radius 1 is 0.952 bits per heavy atom. The monoisotopic (exact) mass is 328 g/mol. The fraction of sp³-hybridized carbons (Fsp3) is 0.0667. The fourth-order valence-electron chi connectivity index (χ4n) is 1.61. The van der Waals surface area contributed by atoms with Gasteiger partial charge in [0.05, 0.1) is 4.90 Å². The minimum absolute atomic E-state index is 0.374. The Kier molecular flexibility index (Phi) is 4.44. The Bertz CT molecular complexity index is 739. The average molecular weight is 329 g/mol. The van der Waals surface area contributed by atoms with E-state index < -0.39 is 20.0 Å². The molecule has 0 radical (unpaired) electrons. The van der Waals surface area contributed by atoms with E-state index in [2.05, 4.69) is 0 Å². The first kappa shape index (κ1) is 15.7. The number of hydrogen-bond acceptors (Lipinski definition) is 2. The van der Waals surface area contributed by atoms with Crippen LogP contribution in [0.2, 0.25) is 5.02 Å². The smallest absolute Gasteiger partial charge is 0.217 e. The molecule has 21 heavy (non-hydrogen) atoms. The van der Waals surface area contributed by atoms with E-state index in [9.17, 15) is 17.2 Å². The van der Waals surface area contributed by atoms with Crippen LogP contribution < -0.4 is 0 Å². The van der Waals surface area contributed by atoms with Crippen molar-refractivity contribution in [3.05, 3.63) is 71.3 Å². The Balaban J connectivity index is 2.31. The summed E-state index contributed by atoms with van der Waals surface area (Å²) in [5.41, 5.74) is 0.433. The molecule has 2 aromatic carbocycles. The van der Waals surface area contributed by atoms with Gasteiger partial charge < -0.3 is 0 Å². The van der Waals surface area contributed by atoms with Crippen molar-refractivity contribution in [2.24, 2.45) is 0 Å². The van der Waals surface area contributed by atoms with E-state index in [4.69, 9.17) is 11.6 Å². The summed E-state index contributed by atoms with van der Waals surface area (Å²) >= 11 is 5.69. The zero-order valence-corrected chi connectivity index (χ0v) is 12.3. The molecular formula is C15H11ClF2O2S. The molecule has 0 fully saturated rings. The molecule has 0 aliphatic carbocycles. The molecule has 0 heterocycles. The quantitative estimate of drug-likeness (QED) is 0.832. The summed E-state index contributed by atoms with van der Waals surface area (Å²) in [5, 5.41) is -3.52. The molecule has 2 rings (SSSR count). The molecule has 0 aliphatic heterocycles. The third-order valence-corrected chi connectivity index (χ3v) is 4.75. The lowest BCUT2D eigenvalue weighted by Crippen LogP contribution is -2.26. The molecular weight excluding hydrogens is 318 g/mol. The molecule has 0 amide bonds. The van der Waals surface area contributed by atoms with Crippen LogP contribution in [0.15, 0.2) is 65.6 Å². The van der Waals surface area contributed by atoms with Crippen LogP contribution in [0.3, 0.4) is 0 Å². The molecule has 2 aromatic rings. The fourth-order valence-corrected chi connectivity index (χ4v) is 2.82. The van der Waals surface area contributed by atoms with Gasteiger partial charge in [-0.2, -0.15) is 8.78 Å². The second-order valence-electron chi connectivity index (χ2n) is 4.26. The topological polar surface area (TPSA) is 34.1 Å². The van der Waals surface area contributed by atoms with E-state index in [1.165, 1.54) is 36.4 Å². The van der Waals surface area contributed by atoms with Gasteiger partial charge in [0.25, 0.3) is 0 Å². The van der Waals surface area contributed by atoms with Crippen molar-refractivity contribution in [1.29, 1.82) is 0 Å².